The normalized spacial score (nSPS) is 13.3. The SMILES string of the molecule is C=CC(=O)Nc1cc(Nc2nccc(-c3c4n(c5ccccc35)CCOC4)n2)c(OC)cc1N(C)CCNC(C)(C)Cc1cc(-c2c3n(c4ccccc24)CCOC3)nc(Nc2cc(NC(=O)C=C)c(N(C)CC(C)(C)N(C)C)cc2OC)n1. The van der Waals surface area contributed by atoms with Gasteiger partial charge < -0.3 is 69.4 Å². The van der Waals surface area contributed by atoms with Crippen molar-refractivity contribution in [1.29, 1.82) is 0 Å². The molecule has 20 nitrogen and oxygen atoms in total. The van der Waals surface area contributed by atoms with Crippen molar-refractivity contribution < 1.29 is 28.5 Å². The van der Waals surface area contributed by atoms with E-state index in [1.807, 2.05) is 76.7 Å². The van der Waals surface area contributed by atoms with E-state index in [1.54, 1.807) is 20.4 Å². The predicted molar refractivity (Wildman–Crippen MR) is 336 cm³/mol. The predicted octanol–water partition coefficient (Wildman–Crippen LogP) is 10.1. The molecule has 2 amide bonds. The number of anilines is 8. The maximum absolute atomic E-state index is 13.1. The van der Waals surface area contributed by atoms with Crippen LogP contribution in [0.5, 0.6) is 11.5 Å². The van der Waals surface area contributed by atoms with Crippen LogP contribution in [-0.4, -0.2) is 132 Å². The molecular weight excluding hydrogens is 1060 g/mol. The van der Waals surface area contributed by atoms with Crippen LogP contribution in [0.3, 0.4) is 0 Å². The van der Waals surface area contributed by atoms with Crippen LogP contribution in [0.25, 0.3) is 44.3 Å². The van der Waals surface area contributed by atoms with Crippen molar-refractivity contribution >= 4 is 79.6 Å². The van der Waals surface area contributed by atoms with Gasteiger partial charge in [-0.3, -0.25) is 9.59 Å². The van der Waals surface area contributed by atoms with Gasteiger partial charge in [0.05, 0.1) is 97.5 Å². The van der Waals surface area contributed by atoms with E-state index in [-0.39, 0.29) is 17.4 Å². The molecule has 4 aromatic heterocycles. The van der Waals surface area contributed by atoms with E-state index in [9.17, 15) is 9.59 Å². The molecule has 438 valence electrons. The summed E-state index contributed by atoms with van der Waals surface area (Å²) in [6.07, 6.45) is 4.73. The summed E-state index contributed by atoms with van der Waals surface area (Å²) in [6.45, 7) is 21.5. The molecule has 0 saturated heterocycles. The van der Waals surface area contributed by atoms with E-state index >= 15 is 0 Å². The second-order valence-corrected chi connectivity index (χ2v) is 22.7. The summed E-state index contributed by atoms with van der Waals surface area (Å²) in [7, 11) is 11.3. The number of para-hydroxylation sites is 2. The molecular formula is C64H76N14O6. The number of carbonyl (C=O) groups is 2. The summed E-state index contributed by atoms with van der Waals surface area (Å²) >= 11 is 0. The summed E-state index contributed by atoms with van der Waals surface area (Å²) < 4.78 is 28.7. The van der Waals surface area contributed by atoms with Gasteiger partial charge in [0.2, 0.25) is 23.7 Å². The number of rotatable bonds is 23. The summed E-state index contributed by atoms with van der Waals surface area (Å²) in [5.74, 6) is 1.03. The van der Waals surface area contributed by atoms with Crippen molar-refractivity contribution in [3.8, 4) is 34.0 Å². The Hall–Kier alpha value is -8.82. The monoisotopic (exact) mass is 1140 g/mol. The number of hydrogen-bond acceptors (Lipinski definition) is 16. The number of ether oxygens (including phenoxy) is 4. The van der Waals surface area contributed by atoms with Crippen LogP contribution in [0.1, 0.15) is 44.8 Å². The minimum absolute atomic E-state index is 0.203. The number of aromatic nitrogens is 6. The van der Waals surface area contributed by atoms with Gasteiger partial charge in [-0.25, -0.2) is 19.9 Å². The first-order valence-corrected chi connectivity index (χ1v) is 28.2. The molecule has 0 saturated carbocycles. The third-order valence-electron chi connectivity index (χ3n) is 15.8. The Labute approximate surface area is 490 Å². The van der Waals surface area contributed by atoms with Gasteiger partial charge >= 0.3 is 0 Å². The molecule has 20 heteroatoms. The van der Waals surface area contributed by atoms with E-state index in [2.05, 4.69) is 133 Å². The van der Waals surface area contributed by atoms with Crippen LogP contribution < -0.4 is 45.9 Å². The molecule has 0 unspecified atom stereocenters. The van der Waals surface area contributed by atoms with E-state index in [0.717, 1.165) is 85.9 Å². The molecule has 0 aliphatic carbocycles. The average Bonchev–Trinajstić information content (AvgIpc) is 1.87. The molecule has 6 heterocycles. The maximum atomic E-state index is 13.1. The Kier molecular flexibility index (Phi) is 17.1. The minimum Gasteiger partial charge on any atom is -0.494 e. The van der Waals surface area contributed by atoms with Crippen LogP contribution in [-0.2, 0) is 51.8 Å². The fraction of sp³-hybridized carbons (Fsp3) is 0.344. The first kappa shape index (κ1) is 58.4. The van der Waals surface area contributed by atoms with Gasteiger partial charge in [-0.1, -0.05) is 49.6 Å². The summed E-state index contributed by atoms with van der Waals surface area (Å²) in [5.41, 5.74) is 11.6. The second kappa shape index (κ2) is 24.6. The molecule has 0 atom stereocenters. The molecule has 8 aromatic rings. The Morgan fingerprint density at radius 2 is 1.19 bits per heavy atom. The highest BCUT2D eigenvalue weighted by molar-refractivity contribution is 6.04. The smallest absolute Gasteiger partial charge is 0.247 e. The van der Waals surface area contributed by atoms with Crippen molar-refractivity contribution in [3.05, 3.63) is 134 Å². The lowest BCUT2D eigenvalue weighted by Crippen LogP contribution is -2.47. The van der Waals surface area contributed by atoms with Crippen molar-refractivity contribution in [3.63, 3.8) is 0 Å². The van der Waals surface area contributed by atoms with Crippen molar-refractivity contribution in [2.24, 2.45) is 0 Å². The fourth-order valence-electron chi connectivity index (χ4n) is 11.2. The molecule has 0 fully saturated rings. The number of nitrogens with zero attached hydrogens (tertiary/aromatic N) is 9. The lowest BCUT2D eigenvalue weighted by Gasteiger charge is -2.37. The van der Waals surface area contributed by atoms with Crippen LogP contribution in [0, 0.1) is 0 Å². The Bertz CT molecular complexity index is 3790. The molecule has 0 spiro atoms. The van der Waals surface area contributed by atoms with Crippen LogP contribution >= 0.6 is 0 Å². The Morgan fingerprint density at radius 3 is 1.74 bits per heavy atom. The molecule has 10 rings (SSSR count). The molecule has 2 aliphatic rings. The zero-order valence-electron chi connectivity index (χ0n) is 49.8. The van der Waals surface area contributed by atoms with Crippen LogP contribution in [0.2, 0.25) is 0 Å². The number of nitrogens with one attached hydrogen (secondary N) is 5. The topological polar surface area (TPSA) is 202 Å². The van der Waals surface area contributed by atoms with Crippen LogP contribution in [0.15, 0.2) is 116 Å². The number of hydrogen-bond donors (Lipinski definition) is 5. The van der Waals surface area contributed by atoms with Gasteiger partial charge in [-0.05, 0) is 90.3 Å². The van der Waals surface area contributed by atoms with Crippen molar-refractivity contribution in [2.45, 2.75) is 71.5 Å². The van der Waals surface area contributed by atoms with Crippen molar-refractivity contribution in [1.82, 2.24) is 39.3 Å². The number of carbonyl (C=O) groups excluding carboxylic acids is 2. The standard InChI is InChI=1S/C64H76N14O6/c1-13-57(79)68-44-32-46(71-61-65-24-23-43(70-61)59-41-19-15-17-21-49(41)77-27-29-83-37-53(59)77)55(81-11)34-51(44)75(9)26-25-66-63(3,4)36-40-31-48(60-42-20-16-18-22-50(42)78-28-30-84-38-54(60)78)73-62(67-40)72-47-33-45(69-58(80)14-2)52(35-56(47)82-12)76(10)39-64(5,6)74(7)8/h13-24,31-35,66H,1-2,25-30,36-39H2,3-12H3,(H,68,79)(H,69,80)(H,65,70,71)(H,67,72,73). The summed E-state index contributed by atoms with van der Waals surface area (Å²) in [4.78, 5) is 52.4. The number of benzene rings is 4. The zero-order valence-corrected chi connectivity index (χ0v) is 49.8. The number of methoxy groups -OCH3 is 2. The third-order valence-corrected chi connectivity index (χ3v) is 15.8. The van der Waals surface area contributed by atoms with E-state index in [1.165, 1.54) is 12.2 Å². The average molecular weight is 1140 g/mol. The molecule has 2 aliphatic heterocycles. The number of fused-ring (bicyclic) bond motifs is 6. The van der Waals surface area contributed by atoms with Gasteiger partial charge in [0.15, 0.2) is 0 Å². The minimum atomic E-state index is -0.499. The van der Waals surface area contributed by atoms with E-state index in [4.69, 9.17) is 33.9 Å². The molecule has 84 heavy (non-hydrogen) atoms. The number of amides is 2. The molecule has 4 aromatic carbocycles. The maximum Gasteiger partial charge on any atom is 0.247 e. The molecule has 5 N–H and O–H groups in total. The largest absolute Gasteiger partial charge is 0.494 e. The quantitative estimate of drug-likeness (QED) is 0.0378. The van der Waals surface area contributed by atoms with Gasteiger partial charge in [0, 0.05) is 121 Å². The third kappa shape index (κ3) is 12.3. The fourth-order valence-corrected chi connectivity index (χ4v) is 11.2. The van der Waals surface area contributed by atoms with Gasteiger partial charge in [0.25, 0.3) is 0 Å². The number of likely N-dealkylation sites (N-methyl/N-ethyl adjacent to an activating group) is 3. The molecule has 0 bridgehead atoms. The lowest BCUT2D eigenvalue weighted by atomic mass is 9.97. The van der Waals surface area contributed by atoms with E-state index < -0.39 is 5.54 Å². The Morgan fingerprint density at radius 1 is 0.667 bits per heavy atom. The highest BCUT2D eigenvalue weighted by atomic mass is 16.5. The van der Waals surface area contributed by atoms with E-state index in [0.29, 0.717) is 98.6 Å². The first-order chi connectivity index (χ1) is 40.4. The second-order valence-electron chi connectivity index (χ2n) is 22.7. The lowest BCUT2D eigenvalue weighted by molar-refractivity contribution is -0.112. The highest BCUT2D eigenvalue weighted by Crippen LogP contribution is 2.43. The molecule has 0 radical (unpaired) electrons. The summed E-state index contributed by atoms with van der Waals surface area (Å²) in [6, 6.07) is 28.2. The first-order valence-electron chi connectivity index (χ1n) is 28.2. The summed E-state index contributed by atoms with van der Waals surface area (Å²) in [5, 5.41) is 18.9. The van der Waals surface area contributed by atoms with Crippen molar-refractivity contribution in [2.75, 3.05) is 106 Å². The van der Waals surface area contributed by atoms with Crippen LogP contribution in [0.4, 0.5) is 46.0 Å². The van der Waals surface area contributed by atoms with Gasteiger partial charge in [0.1, 0.15) is 11.5 Å². The zero-order chi connectivity index (χ0) is 59.5. The Balaban J connectivity index is 0.927. The van der Waals surface area contributed by atoms with Gasteiger partial charge in [-0.2, -0.15) is 0 Å². The highest BCUT2D eigenvalue weighted by Gasteiger charge is 2.29. The van der Waals surface area contributed by atoms with Gasteiger partial charge in [-0.15, -0.1) is 0 Å².